The van der Waals surface area contributed by atoms with Crippen molar-refractivity contribution >= 4 is 15.5 Å². The lowest BCUT2D eigenvalue weighted by Gasteiger charge is -2.14. The molecule has 0 unspecified atom stereocenters. The van der Waals surface area contributed by atoms with Crippen molar-refractivity contribution in [1.29, 1.82) is 0 Å². The first-order valence-corrected chi connectivity index (χ1v) is 6.47. The van der Waals surface area contributed by atoms with E-state index in [0.29, 0.717) is 0 Å². The van der Waals surface area contributed by atoms with E-state index in [1.807, 2.05) is 0 Å². The van der Waals surface area contributed by atoms with E-state index in [1.165, 1.54) is 25.1 Å². The number of anilines is 1. The van der Waals surface area contributed by atoms with Gasteiger partial charge in [-0.1, -0.05) is 12.1 Å². The van der Waals surface area contributed by atoms with Crippen LogP contribution in [-0.2, 0) is 9.84 Å². The molecule has 18 heavy (non-hydrogen) atoms. The molecule has 0 heterocycles. The van der Waals surface area contributed by atoms with Crippen molar-refractivity contribution < 1.29 is 26.7 Å². The van der Waals surface area contributed by atoms with Crippen LogP contribution in [0, 0.1) is 0 Å². The van der Waals surface area contributed by atoms with Crippen LogP contribution in [0.1, 0.15) is 6.92 Å². The van der Waals surface area contributed by atoms with Crippen LogP contribution in [-0.4, -0.2) is 31.7 Å². The summed E-state index contributed by atoms with van der Waals surface area (Å²) in [5, 5.41) is 11.5. The van der Waals surface area contributed by atoms with Crippen molar-refractivity contribution in [3.05, 3.63) is 24.3 Å². The Bertz CT molecular complexity index is 511. The van der Waals surface area contributed by atoms with Crippen LogP contribution in [0.5, 0.6) is 0 Å². The van der Waals surface area contributed by atoms with Gasteiger partial charge in [0, 0.05) is 6.54 Å². The Balaban J connectivity index is 3.18. The number of sulfone groups is 1. The van der Waals surface area contributed by atoms with Crippen molar-refractivity contribution in [3.8, 4) is 0 Å². The Kier molecular flexibility index (Phi) is 4.23. The average molecular weight is 283 g/mol. The molecule has 1 rings (SSSR count). The number of benzene rings is 1. The largest absolute Gasteiger partial charge is 0.501 e. The molecule has 0 aliphatic carbocycles. The standard InChI is InChI=1S/C10H12F3NO3S/c1-7(15)6-14-8-4-2-3-5-9(8)18(16,17)10(11,12)13/h2-5,7,14-15H,6H2,1H3/t7-/m0/s1. The third-order valence-corrected chi connectivity index (χ3v) is 3.61. The molecule has 0 radical (unpaired) electrons. The van der Waals surface area contributed by atoms with E-state index < -0.39 is 26.3 Å². The molecule has 0 aromatic heterocycles. The van der Waals surface area contributed by atoms with Gasteiger partial charge < -0.3 is 10.4 Å². The third-order valence-electron chi connectivity index (χ3n) is 2.07. The Morgan fingerprint density at radius 2 is 1.89 bits per heavy atom. The first-order chi connectivity index (χ1) is 8.16. The van der Waals surface area contributed by atoms with E-state index in [0.717, 1.165) is 6.07 Å². The highest BCUT2D eigenvalue weighted by atomic mass is 32.2. The molecule has 0 amide bonds. The molecule has 1 aromatic carbocycles. The number of hydrogen-bond donors (Lipinski definition) is 2. The van der Waals surface area contributed by atoms with E-state index in [9.17, 15) is 21.6 Å². The zero-order chi connectivity index (χ0) is 14.0. The molecular weight excluding hydrogens is 271 g/mol. The Morgan fingerprint density at radius 3 is 2.39 bits per heavy atom. The zero-order valence-electron chi connectivity index (χ0n) is 9.40. The topological polar surface area (TPSA) is 66.4 Å². The minimum Gasteiger partial charge on any atom is -0.392 e. The SMILES string of the molecule is C[C@H](O)CNc1ccccc1S(=O)(=O)C(F)(F)F. The first kappa shape index (κ1) is 14.8. The van der Waals surface area contributed by atoms with Crippen molar-refractivity contribution in [1.82, 2.24) is 0 Å². The summed E-state index contributed by atoms with van der Waals surface area (Å²) in [4.78, 5) is -0.849. The van der Waals surface area contributed by atoms with Crippen molar-refractivity contribution in [3.63, 3.8) is 0 Å². The molecule has 1 aromatic rings. The number of aliphatic hydroxyl groups excluding tert-OH is 1. The highest BCUT2D eigenvalue weighted by molar-refractivity contribution is 7.92. The summed E-state index contributed by atoms with van der Waals surface area (Å²) in [7, 11) is -5.40. The highest BCUT2D eigenvalue weighted by Gasteiger charge is 2.47. The van der Waals surface area contributed by atoms with Gasteiger partial charge in [0.2, 0.25) is 0 Å². The first-order valence-electron chi connectivity index (χ1n) is 4.98. The maximum absolute atomic E-state index is 12.4. The number of rotatable bonds is 4. The van der Waals surface area contributed by atoms with Gasteiger partial charge in [-0.15, -0.1) is 0 Å². The lowest BCUT2D eigenvalue weighted by Crippen LogP contribution is -2.25. The van der Waals surface area contributed by atoms with Gasteiger partial charge in [0.1, 0.15) is 0 Å². The molecule has 2 N–H and O–H groups in total. The minimum atomic E-state index is -5.40. The second-order valence-electron chi connectivity index (χ2n) is 3.68. The van der Waals surface area contributed by atoms with Crippen molar-refractivity contribution in [2.75, 3.05) is 11.9 Å². The lowest BCUT2D eigenvalue weighted by molar-refractivity contribution is -0.0435. The fourth-order valence-corrected chi connectivity index (χ4v) is 2.17. The smallest absolute Gasteiger partial charge is 0.392 e. The second-order valence-corrected chi connectivity index (χ2v) is 5.58. The molecule has 4 nitrogen and oxygen atoms in total. The van der Waals surface area contributed by atoms with Gasteiger partial charge in [-0.05, 0) is 19.1 Å². The van der Waals surface area contributed by atoms with Gasteiger partial charge >= 0.3 is 5.51 Å². The molecule has 0 bridgehead atoms. The van der Waals surface area contributed by atoms with Gasteiger partial charge in [0.15, 0.2) is 0 Å². The summed E-state index contributed by atoms with van der Waals surface area (Å²) in [5.74, 6) is 0. The Morgan fingerprint density at radius 1 is 1.33 bits per heavy atom. The minimum absolute atomic E-state index is 0.0512. The van der Waals surface area contributed by atoms with Gasteiger partial charge in [0.05, 0.1) is 16.7 Å². The quantitative estimate of drug-likeness (QED) is 0.884. The molecule has 1 atom stereocenters. The van der Waals surface area contributed by atoms with E-state index in [-0.39, 0.29) is 12.2 Å². The fourth-order valence-electron chi connectivity index (χ4n) is 1.23. The molecule has 102 valence electrons. The highest BCUT2D eigenvalue weighted by Crippen LogP contribution is 2.34. The molecule has 0 fully saturated rings. The van der Waals surface area contributed by atoms with E-state index in [1.54, 1.807) is 0 Å². The van der Waals surface area contributed by atoms with Crippen LogP contribution < -0.4 is 5.32 Å². The molecule has 0 aliphatic rings. The zero-order valence-corrected chi connectivity index (χ0v) is 10.2. The molecule has 0 saturated heterocycles. The predicted octanol–water partition coefficient (Wildman–Crippen LogP) is 1.77. The Labute approximate surface area is 102 Å². The van der Waals surface area contributed by atoms with Gasteiger partial charge in [-0.2, -0.15) is 13.2 Å². The van der Waals surface area contributed by atoms with Crippen LogP contribution in [0.25, 0.3) is 0 Å². The number of aliphatic hydroxyl groups is 1. The molecule has 0 aliphatic heterocycles. The van der Waals surface area contributed by atoms with Crippen LogP contribution in [0.2, 0.25) is 0 Å². The molecular formula is C10H12F3NO3S. The summed E-state index contributed by atoms with van der Waals surface area (Å²) in [6.45, 7) is 1.37. The normalized spacial score (nSPS) is 14.3. The number of nitrogens with one attached hydrogen (secondary N) is 1. The fraction of sp³-hybridized carbons (Fsp3) is 0.400. The lowest BCUT2D eigenvalue weighted by atomic mass is 10.3. The maximum Gasteiger partial charge on any atom is 0.501 e. The van der Waals surface area contributed by atoms with Gasteiger partial charge in [-0.25, -0.2) is 8.42 Å². The summed E-state index contributed by atoms with van der Waals surface area (Å²) < 4.78 is 59.9. The maximum atomic E-state index is 12.4. The van der Waals surface area contributed by atoms with E-state index >= 15 is 0 Å². The number of halogens is 3. The Hall–Kier alpha value is -1.28. The predicted molar refractivity (Wildman–Crippen MR) is 59.9 cm³/mol. The monoisotopic (exact) mass is 283 g/mol. The van der Waals surface area contributed by atoms with Crippen LogP contribution in [0.4, 0.5) is 18.9 Å². The van der Waals surface area contributed by atoms with E-state index in [2.05, 4.69) is 5.32 Å². The molecule has 0 spiro atoms. The third kappa shape index (κ3) is 3.14. The second kappa shape index (κ2) is 5.15. The van der Waals surface area contributed by atoms with E-state index in [4.69, 9.17) is 5.11 Å². The summed E-state index contributed by atoms with van der Waals surface area (Å²) >= 11 is 0. The summed E-state index contributed by atoms with van der Waals surface area (Å²) in [6.07, 6.45) is -0.813. The van der Waals surface area contributed by atoms with Gasteiger partial charge in [0.25, 0.3) is 9.84 Å². The summed E-state index contributed by atoms with van der Waals surface area (Å²) in [5.41, 5.74) is -5.54. The van der Waals surface area contributed by atoms with Crippen molar-refractivity contribution in [2.45, 2.75) is 23.4 Å². The molecule has 8 heteroatoms. The van der Waals surface area contributed by atoms with Gasteiger partial charge in [-0.3, -0.25) is 0 Å². The summed E-state index contributed by atoms with van der Waals surface area (Å²) in [6, 6.07) is 4.68. The number of alkyl halides is 3. The van der Waals surface area contributed by atoms with Crippen LogP contribution >= 0.6 is 0 Å². The van der Waals surface area contributed by atoms with Crippen molar-refractivity contribution in [2.24, 2.45) is 0 Å². The van der Waals surface area contributed by atoms with Crippen LogP contribution in [0.15, 0.2) is 29.2 Å². The number of para-hydroxylation sites is 1. The average Bonchev–Trinajstić information content (AvgIpc) is 2.25. The number of hydrogen-bond acceptors (Lipinski definition) is 4. The van der Waals surface area contributed by atoms with Crippen LogP contribution in [0.3, 0.4) is 0 Å². The molecule has 0 saturated carbocycles.